The van der Waals surface area contributed by atoms with Gasteiger partial charge in [0.05, 0.1) is 13.2 Å². The van der Waals surface area contributed by atoms with Crippen molar-refractivity contribution in [2.24, 2.45) is 0 Å². The number of hydrogen-bond donors (Lipinski definition) is 1. The van der Waals surface area contributed by atoms with Gasteiger partial charge in [-0.25, -0.2) is 0 Å². The number of ether oxygens (including phenoxy) is 1. The molecular weight excluding hydrogens is 240 g/mol. The molecule has 19 heavy (non-hydrogen) atoms. The van der Waals surface area contributed by atoms with Crippen molar-refractivity contribution in [2.45, 2.75) is 39.1 Å². The van der Waals surface area contributed by atoms with E-state index in [0.29, 0.717) is 13.2 Å². The summed E-state index contributed by atoms with van der Waals surface area (Å²) >= 11 is 0. The van der Waals surface area contributed by atoms with Crippen LogP contribution in [0.25, 0.3) is 0 Å². The Hall–Kier alpha value is -1.39. The molecule has 3 rings (SSSR count). The van der Waals surface area contributed by atoms with Gasteiger partial charge in [-0.1, -0.05) is 6.07 Å². The first kappa shape index (κ1) is 12.6. The highest BCUT2D eigenvalue weighted by atomic mass is 16.5. The van der Waals surface area contributed by atoms with Gasteiger partial charge >= 0.3 is 0 Å². The second-order valence-electron chi connectivity index (χ2n) is 5.55. The van der Waals surface area contributed by atoms with Crippen LogP contribution in [0.4, 0.5) is 0 Å². The predicted molar refractivity (Wildman–Crippen MR) is 72.9 cm³/mol. The normalized spacial score (nSPS) is 26.3. The van der Waals surface area contributed by atoms with Crippen molar-refractivity contribution in [1.82, 2.24) is 10.2 Å². The lowest BCUT2D eigenvalue weighted by Crippen LogP contribution is -2.57. The van der Waals surface area contributed by atoms with Crippen LogP contribution in [0.5, 0.6) is 0 Å². The smallest absolute Gasteiger partial charge is 0.254 e. The number of carbonyl (C=O) groups is 1. The van der Waals surface area contributed by atoms with E-state index in [9.17, 15) is 4.79 Å². The van der Waals surface area contributed by atoms with E-state index in [1.807, 2.05) is 23.1 Å². The van der Waals surface area contributed by atoms with Crippen molar-refractivity contribution in [1.29, 1.82) is 0 Å². The third kappa shape index (κ3) is 2.26. The Morgan fingerprint density at radius 2 is 1.89 bits per heavy atom. The minimum Gasteiger partial charge on any atom is -0.372 e. The molecule has 2 atom stereocenters. The molecule has 1 fully saturated rings. The number of rotatable bonds is 1. The molecule has 2 heterocycles. The molecule has 0 radical (unpaired) electrons. The summed E-state index contributed by atoms with van der Waals surface area (Å²) in [6, 6.07) is 6.41. The lowest BCUT2D eigenvalue weighted by molar-refractivity contribution is 0.0544. The molecule has 0 spiro atoms. The number of amides is 1. The first-order valence-corrected chi connectivity index (χ1v) is 6.89. The number of hydrogen-bond acceptors (Lipinski definition) is 3. The molecule has 0 saturated carbocycles. The number of carbonyl (C=O) groups excluding carboxylic acids is 1. The Balaban J connectivity index is 1.86. The van der Waals surface area contributed by atoms with E-state index in [0.717, 1.165) is 24.2 Å². The summed E-state index contributed by atoms with van der Waals surface area (Å²) in [5.74, 6) is 0.135. The molecule has 4 nitrogen and oxygen atoms in total. The van der Waals surface area contributed by atoms with Crippen LogP contribution in [0.2, 0.25) is 0 Å². The molecule has 4 heteroatoms. The van der Waals surface area contributed by atoms with Crippen molar-refractivity contribution in [3.8, 4) is 0 Å². The van der Waals surface area contributed by atoms with Crippen molar-refractivity contribution in [2.75, 3.05) is 13.1 Å². The van der Waals surface area contributed by atoms with Crippen molar-refractivity contribution >= 4 is 5.91 Å². The minimum absolute atomic E-state index is 0.135. The second kappa shape index (κ2) is 4.94. The monoisotopic (exact) mass is 260 g/mol. The summed E-state index contributed by atoms with van der Waals surface area (Å²) in [7, 11) is 0. The van der Waals surface area contributed by atoms with Gasteiger partial charge in [-0.05, 0) is 37.1 Å². The van der Waals surface area contributed by atoms with E-state index >= 15 is 0 Å². The largest absolute Gasteiger partial charge is 0.372 e. The SMILES string of the molecule is CC1CNCC(C)N1C(=O)c1ccc2c(c1)COC2. The summed E-state index contributed by atoms with van der Waals surface area (Å²) in [6.07, 6.45) is 0. The van der Waals surface area contributed by atoms with Crippen LogP contribution in [0.1, 0.15) is 35.3 Å². The number of nitrogens with zero attached hydrogens (tertiary/aromatic N) is 1. The zero-order valence-corrected chi connectivity index (χ0v) is 11.5. The number of piperazine rings is 1. The third-order valence-electron chi connectivity index (χ3n) is 4.03. The van der Waals surface area contributed by atoms with Crippen LogP contribution in [0, 0.1) is 0 Å². The highest BCUT2D eigenvalue weighted by Crippen LogP contribution is 2.23. The van der Waals surface area contributed by atoms with Crippen molar-refractivity contribution < 1.29 is 9.53 Å². The van der Waals surface area contributed by atoms with E-state index in [-0.39, 0.29) is 18.0 Å². The molecule has 0 aliphatic carbocycles. The lowest BCUT2D eigenvalue weighted by atomic mass is 10.0. The first-order valence-electron chi connectivity index (χ1n) is 6.89. The van der Waals surface area contributed by atoms with Gasteiger partial charge in [0.1, 0.15) is 0 Å². The number of benzene rings is 1. The predicted octanol–water partition coefficient (Wildman–Crippen LogP) is 1.54. The average molecular weight is 260 g/mol. The molecule has 102 valence electrons. The average Bonchev–Trinajstić information content (AvgIpc) is 2.85. The van der Waals surface area contributed by atoms with Gasteiger partial charge in [0.25, 0.3) is 5.91 Å². The number of nitrogens with one attached hydrogen (secondary N) is 1. The van der Waals surface area contributed by atoms with E-state index in [4.69, 9.17) is 4.74 Å². The van der Waals surface area contributed by atoms with Crippen LogP contribution in [-0.4, -0.2) is 36.0 Å². The molecular formula is C15H20N2O2. The molecule has 0 aromatic heterocycles. The van der Waals surface area contributed by atoms with Gasteiger partial charge in [-0.15, -0.1) is 0 Å². The maximum atomic E-state index is 12.7. The summed E-state index contributed by atoms with van der Waals surface area (Å²) in [5.41, 5.74) is 3.14. The maximum Gasteiger partial charge on any atom is 0.254 e. The standard InChI is InChI=1S/C15H20N2O2/c1-10-6-16-7-11(2)17(10)15(18)12-3-4-13-8-19-9-14(13)5-12/h3-5,10-11,16H,6-9H2,1-2H3. The molecule has 1 aromatic carbocycles. The summed E-state index contributed by atoms with van der Waals surface area (Å²) in [5, 5.41) is 3.35. The maximum absolute atomic E-state index is 12.7. The van der Waals surface area contributed by atoms with Gasteiger partial charge in [-0.2, -0.15) is 0 Å². The summed E-state index contributed by atoms with van der Waals surface area (Å²) < 4.78 is 5.40. The molecule has 1 amide bonds. The fourth-order valence-corrected chi connectivity index (χ4v) is 2.99. The van der Waals surface area contributed by atoms with Gasteiger partial charge in [0.2, 0.25) is 0 Å². The second-order valence-corrected chi connectivity index (χ2v) is 5.55. The fourth-order valence-electron chi connectivity index (χ4n) is 2.99. The van der Waals surface area contributed by atoms with Crippen molar-refractivity contribution in [3.63, 3.8) is 0 Å². The van der Waals surface area contributed by atoms with E-state index in [1.165, 1.54) is 5.56 Å². The van der Waals surface area contributed by atoms with Gasteiger partial charge in [0, 0.05) is 30.7 Å². The first-order chi connectivity index (χ1) is 9.16. The van der Waals surface area contributed by atoms with Gasteiger partial charge in [-0.3, -0.25) is 4.79 Å². The molecule has 1 aromatic rings. The number of fused-ring (bicyclic) bond motifs is 1. The Labute approximate surface area is 113 Å². The molecule has 1 saturated heterocycles. The molecule has 2 aliphatic rings. The van der Waals surface area contributed by atoms with Crippen LogP contribution in [0.3, 0.4) is 0 Å². The zero-order chi connectivity index (χ0) is 13.4. The lowest BCUT2D eigenvalue weighted by Gasteiger charge is -2.39. The van der Waals surface area contributed by atoms with E-state index < -0.39 is 0 Å². The summed E-state index contributed by atoms with van der Waals surface area (Å²) in [6.45, 7) is 7.22. The molecule has 2 aliphatic heterocycles. The molecule has 0 bridgehead atoms. The summed E-state index contributed by atoms with van der Waals surface area (Å²) in [4.78, 5) is 14.7. The Morgan fingerprint density at radius 1 is 1.21 bits per heavy atom. The van der Waals surface area contributed by atoms with E-state index in [2.05, 4.69) is 19.2 Å². The minimum atomic E-state index is 0.135. The fraction of sp³-hybridized carbons (Fsp3) is 0.533. The van der Waals surface area contributed by atoms with Crippen LogP contribution in [0.15, 0.2) is 18.2 Å². The van der Waals surface area contributed by atoms with Crippen molar-refractivity contribution in [3.05, 3.63) is 34.9 Å². The van der Waals surface area contributed by atoms with Crippen LogP contribution >= 0.6 is 0 Å². The zero-order valence-electron chi connectivity index (χ0n) is 11.5. The topological polar surface area (TPSA) is 41.6 Å². The van der Waals surface area contributed by atoms with Gasteiger partial charge < -0.3 is 15.0 Å². The van der Waals surface area contributed by atoms with Crippen LogP contribution in [-0.2, 0) is 18.0 Å². The Morgan fingerprint density at radius 3 is 2.63 bits per heavy atom. The van der Waals surface area contributed by atoms with E-state index in [1.54, 1.807) is 0 Å². The quantitative estimate of drug-likeness (QED) is 0.833. The third-order valence-corrected chi connectivity index (χ3v) is 4.03. The Bertz CT molecular complexity index is 491. The highest BCUT2D eigenvalue weighted by Gasteiger charge is 2.29. The molecule has 1 N–H and O–H groups in total. The Kier molecular flexibility index (Phi) is 3.29. The highest BCUT2D eigenvalue weighted by molar-refractivity contribution is 5.95. The molecule has 2 unspecified atom stereocenters. The van der Waals surface area contributed by atoms with Gasteiger partial charge in [0.15, 0.2) is 0 Å². The van der Waals surface area contributed by atoms with Crippen LogP contribution < -0.4 is 5.32 Å².